The molecule has 1 aliphatic heterocycles. The van der Waals surface area contributed by atoms with Gasteiger partial charge in [0, 0.05) is 25.2 Å². The van der Waals surface area contributed by atoms with Crippen LogP contribution in [0.15, 0.2) is 48.5 Å². The summed E-state index contributed by atoms with van der Waals surface area (Å²) in [6.45, 7) is 0.957. The van der Waals surface area contributed by atoms with Crippen molar-refractivity contribution < 1.29 is 19.1 Å². The number of carbonyl (C=O) groups excluding carboxylic acids is 3. The first-order valence-electron chi connectivity index (χ1n) is 8.70. The second-order valence-electron chi connectivity index (χ2n) is 6.08. The molecule has 140 valence electrons. The van der Waals surface area contributed by atoms with Crippen molar-refractivity contribution in [3.05, 3.63) is 65.2 Å². The van der Waals surface area contributed by atoms with Gasteiger partial charge >= 0.3 is 6.03 Å². The predicted octanol–water partition coefficient (Wildman–Crippen LogP) is 2.18. The number of para-hydroxylation sites is 1. The Bertz CT molecular complexity index is 831. The van der Waals surface area contributed by atoms with Crippen LogP contribution in [-0.2, 0) is 6.54 Å². The lowest BCUT2D eigenvalue weighted by Crippen LogP contribution is -2.37. The fraction of sp³-hybridized carbons (Fsp3) is 0.250. The Morgan fingerprint density at radius 2 is 1.59 bits per heavy atom. The van der Waals surface area contributed by atoms with Crippen molar-refractivity contribution in [1.29, 1.82) is 0 Å². The minimum atomic E-state index is -0.316. The molecule has 7 heteroatoms. The van der Waals surface area contributed by atoms with E-state index < -0.39 is 0 Å². The fourth-order valence-electron chi connectivity index (χ4n) is 2.97. The van der Waals surface area contributed by atoms with E-state index >= 15 is 0 Å². The molecule has 1 heterocycles. The van der Waals surface area contributed by atoms with E-state index in [1.807, 2.05) is 24.3 Å². The molecular weight excluding hydrogens is 346 g/mol. The normalized spacial score (nSPS) is 12.7. The Morgan fingerprint density at radius 3 is 2.26 bits per heavy atom. The summed E-state index contributed by atoms with van der Waals surface area (Å²) in [5, 5.41) is 5.48. The number of fused-ring (bicyclic) bond motifs is 1. The van der Waals surface area contributed by atoms with Gasteiger partial charge in [-0.3, -0.25) is 14.5 Å². The first-order chi connectivity index (χ1) is 13.1. The summed E-state index contributed by atoms with van der Waals surface area (Å²) in [6.07, 6.45) is 0.480. The van der Waals surface area contributed by atoms with Gasteiger partial charge in [0.05, 0.1) is 18.2 Å². The molecule has 0 saturated carbocycles. The zero-order valence-electron chi connectivity index (χ0n) is 15.0. The highest BCUT2D eigenvalue weighted by Crippen LogP contribution is 2.22. The SMILES string of the molecule is COc1ccccc1CNC(=O)NCCCN1C(=O)c2ccccc2C1=O. The number of urea groups is 1. The molecule has 4 amide bonds. The zero-order chi connectivity index (χ0) is 19.2. The topological polar surface area (TPSA) is 87.7 Å². The van der Waals surface area contributed by atoms with Gasteiger partial charge in [-0.25, -0.2) is 4.79 Å². The van der Waals surface area contributed by atoms with Crippen molar-refractivity contribution in [2.45, 2.75) is 13.0 Å². The number of ether oxygens (including phenoxy) is 1. The van der Waals surface area contributed by atoms with Gasteiger partial charge in [0.15, 0.2) is 0 Å². The monoisotopic (exact) mass is 367 g/mol. The summed E-state index contributed by atoms with van der Waals surface area (Å²) < 4.78 is 5.24. The third-order valence-electron chi connectivity index (χ3n) is 4.35. The lowest BCUT2D eigenvalue weighted by Gasteiger charge is -2.14. The van der Waals surface area contributed by atoms with Gasteiger partial charge in [0.2, 0.25) is 0 Å². The smallest absolute Gasteiger partial charge is 0.315 e. The van der Waals surface area contributed by atoms with Crippen molar-refractivity contribution in [2.75, 3.05) is 20.2 Å². The quantitative estimate of drug-likeness (QED) is 0.580. The Morgan fingerprint density at radius 1 is 0.963 bits per heavy atom. The van der Waals surface area contributed by atoms with Gasteiger partial charge in [-0.15, -0.1) is 0 Å². The maximum atomic E-state index is 12.2. The number of hydrogen-bond acceptors (Lipinski definition) is 4. The van der Waals surface area contributed by atoms with E-state index in [-0.39, 0.29) is 24.4 Å². The molecule has 3 rings (SSSR count). The number of benzene rings is 2. The molecular formula is C20H21N3O4. The third-order valence-corrected chi connectivity index (χ3v) is 4.35. The van der Waals surface area contributed by atoms with Crippen LogP contribution in [0.5, 0.6) is 5.75 Å². The van der Waals surface area contributed by atoms with Gasteiger partial charge in [-0.2, -0.15) is 0 Å². The van der Waals surface area contributed by atoms with Crippen LogP contribution in [0.1, 0.15) is 32.7 Å². The Hall–Kier alpha value is -3.35. The maximum Gasteiger partial charge on any atom is 0.315 e. The molecule has 2 aromatic rings. The highest BCUT2D eigenvalue weighted by atomic mass is 16.5. The average molecular weight is 367 g/mol. The Kier molecular flexibility index (Phi) is 5.71. The summed E-state index contributed by atoms with van der Waals surface area (Å²) in [7, 11) is 1.58. The number of methoxy groups -OCH3 is 1. The number of carbonyl (C=O) groups is 3. The number of amides is 4. The molecule has 0 aromatic heterocycles. The molecule has 0 spiro atoms. The van der Waals surface area contributed by atoms with Crippen molar-refractivity contribution in [3.8, 4) is 5.75 Å². The standard InChI is InChI=1S/C20H21N3O4/c1-27-17-10-5-2-7-14(17)13-22-20(26)21-11-6-12-23-18(24)15-8-3-4-9-16(15)19(23)25/h2-5,7-10H,6,11-13H2,1H3,(H2,21,22,26). The minimum Gasteiger partial charge on any atom is -0.496 e. The number of imide groups is 1. The second kappa shape index (κ2) is 8.35. The van der Waals surface area contributed by atoms with E-state index in [1.165, 1.54) is 4.90 Å². The van der Waals surface area contributed by atoms with Crippen molar-refractivity contribution >= 4 is 17.8 Å². The Balaban J connectivity index is 1.41. The first kappa shape index (κ1) is 18.4. The Labute approximate surface area is 157 Å². The summed E-state index contributed by atoms with van der Waals surface area (Å²) in [4.78, 5) is 37.6. The summed E-state index contributed by atoms with van der Waals surface area (Å²) >= 11 is 0. The molecule has 0 saturated heterocycles. The van der Waals surface area contributed by atoms with Crippen LogP contribution in [0.25, 0.3) is 0 Å². The number of nitrogens with one attached hydrogen (secondary N) is 2. The molecule has 27 heavy (non-hydrogen) atoms. The van der Waals surface area contributed by atoms with Crippen LogP contribution in [-0.4, -0.2) is 42.9 Å². The maximum absolute atomic E-state index is 12.2. The van der Waals surface area contributed by atoms with Gasteiger partial charge in [0.25, 0.3) is 11.8 Å². The molecule has 1 aliphatic rings. The van der Waals surface area contributed by atoms with Gasteiger partial charge in [-0.05, 0) is 24.6 Å². The minimum absolute atomic E-state index is 0.263. The highest BCUT2D eigenvalue weighted by Gasteiger charge is 2.34. The largest absolute Gasteiger partial charge is 0.496 e. The number of nitrogens with zero attached hydrogens (tertiary/aromatic N) is 1. The highest BCUT2D eigenvalue weighted by molar-refractivity contribution is 6.21. The zero-order valence-corrected chi connectivity index (χ0v) is 15.0. The van der Waals surface area contributed by atoms with E-state index in [0.717, 1.165) is 5.56 Å². The van der Waals surface area contributed by atoms with E-state index in [9.17, 15) is 14.4 Å². The van der Waals surface area contributed by atoms with Crippen molar-refractivity contribution in [3.63, 3.8) is 0 Å². The van der Waals surface area contributed by atoms with Crippen LogP contribution in [0, 0.1) is 0 Å². The first-order valence-corrected chi connectivity index (χ1v) is 8.70. The van der Waals surface area contributed by atoms with Crippen LogP contribution in [0.4, 0.5) is 4.79 Å². The third kappa shape index (κ3) is 4.08. The molecule has 0 fully saturated rings. The number of hydrogen-bond donors (Lipinski definition) is 2. The van der Waals surface area contributed by atoms with Gasteiger partial charge < -0.3 is 15.4 Å². The molecule has 0 aliphatic carbocycles. The van der Waals surface area contributed by atoms with Crippen LogP contribution in [0.2, 0.25) is 0 Å². The van der Waals surface area contributed by atoms with Crippen molar-refractivity contribution in [1.82, 2.24) is 15.5 Å². The van der Waals surface area contributed by atoms with E-state index in [1.54, 1.807) is 31.4 Å². The van der Waals surface area contributed by atoms with E-state index in [0.29, 0.717) is 36.4 Å². The molecule has 0 bridgehead atoms. The predicted molar refractivity (Wildman–Crippen MR) is 99.7 cm³/mol. The molecule has 0 atom stereocenters. The lowest BCUT2D eigenvalue weighted by molar-refractivity contribution is 0.0653. The van der Waals surface area contributed by atoms with E-state index in [2.05, 4.69) is 10.6 Å². The second-order valence-corrected chi connectivity index (χ2v) is 6.08. The van der Waals surface area contributed by atoms with Crippen molar-refractivity contribution in [2.24, 2.45) is 0 Å². The summed E-state index contributed by atoms with van der Waals surface area (Å²) in [6, 6.07) is 13.9. The molecule has 2 aromatic carbocycles. The van der Waals surface area contributed by atoms with Gasteiger partial charge in [-0.1, -0.05) is 30.3 Å². The number of rotatable bonds is 7. The summed E-state index contributed by atoms with van der Waals surface area (Å²) in [5.41, 5.74) is 1.75. The van der Waals surface area contributed by atoms with Crippen LogP contribution < -0.4 is 15.4 Å². The van der Waals surface area contributed by atoms with Crippen LogP contribution >= 0.6 is 0 Å². The van der Waals surface area contributed by atoms with Crippen LogP contribution in [0.3, 0.4) is 0 Å². The summed E-state index contributed by atoms with van der Waals surface area (Å²) in [5.74, 6) is 0.149. The molecule has 0 radical (unpaired) electrons. The molecule has 0 unspecified atom stereocenters. The molecule has 7 nitrogen and oxygen atoms in total. The molecule has 2 N–H and O–H groups in total. The van der Waals surface area contributed by atoms with Gasteiger partial charge in [0.1, 0.15) is 5.75 Å². The van der Waals surface area contributed by atoms with E-state index in [4.69, 9.17) is 4.74 Å². The average Bonchev–Trinajstić information content (AvgIpc) is 2.94. The lowest BCUT2D eigenvalue weighted by atomic mass is 10.1. The fourth-order valence-corrected chi connectivity index (χ4v) is 2.97.